The molecule has 2 aromatic carbocycles. The Hall–Kier alpha value is -6.06. The first kappa shape index (κ1) is 42.1. The van der Waals surface area contributed by atoms with E-state index in [0.29, 0.717) is 49.5 Å². The third-order valence-electron chi connectivity index (χ3n) is 9.92. The predicted molar refractivity (Wildman–Crippen MR) is 211 cm³/mol. The minimum absolute atomic E-state index is 0.0468. The first-order valence-corrected chi connectivity index (χ1v) is 19.4. The average molecular weight is 784 g/mol. The molecule has 5 amide bonds. The maximum absolute atomic E-state index is 14.1. The Labute approximate surface area is 332 Å². The second kappa shape index (κ2) is 20.2. The van der Waals surface area contributed by atoms with Crippen molar-refractivity contribution in [2.24, 2.45) is 5.92 Å². The number of benzene rings is 2. The van der Waals surface area contributed by atoms with Crippen LogP contribution >= 0.6 is 0 Å². The van der Waals surface area contributed by atoms with Crippen LogP contribution in [0, 0.1) is 19.8 Å². The lowest BCUT2D eigenvalue weighted by Gasteiger charge is -2.27. The van der Waals surface area contributed by atoms with Crippen LogP contribution in [-0.2, 0) is 43.2 Å². The number of nitrogens with one attached hydrogen (secondary N) is 5. The Morgan fingerprint density at radius 2 is 1.75 bits per heavy atom. The number of carbonyl (C=O) groups is 5. The molecule has 0 aliphatic carbocycles. The topological polar surface area (TPSA) is 207 Å². The quantitative estimate of drug-likeness (QED) is 0.176. The van der Waals surface area contributed by atoms with E-state index in [-0.39, 0.29) is 56.1 Å². The Bertz CT molecular complexity index is 2040. The van der Waals surface area contributed by atoms with Crippen LogP contribution in [0.1, 0.15) is 67.6 Å². The highest BCUT2D eigenvalue weighted by Crippen LogP contribution is 2.28. The van der Waals surface area contributed by atoms with Crippen molar-refractivity contribution < 1.29 is 33.4 Å². The molecule has 3 atom stereocenters. The highest BCUT2D eigenvalue weighted by molar-refractivity contribution is 5.94. The number of carbonyl (C=O) groups excluding carboxylic acids is 5. The summed E-state index contributed by atoms with van der Waals surface area (Å²) in [5.41, 5.74) is 4.10. The van der Waals surface area contributed by atoms with E-state index in [9.17, 15) is 24.0 Å². The van der Waals surface area contributed by atoms with Crippen LogP contribution in [0.5, 0.6) is 11.5 Å². The number of amides is 5. The van der Waals surface area contributed by atoms with Gasteiger partial charge in [0.05, 0.1) is 7.11 Å². The monoisotopic (exact) mass is 783 g/mol. The van der Waals surface area contributed by atoms with Crippen molar-refractivity contribution in [3.05, 3.63) is 82.9 Å². The summed E-state index contributed by atoms with van der Waals surface area (Å²) < 4.78 is 12.9. The number of aryl methyl sites for hydroxylation is 3. The van der Waals surface area contributed by atoms with E-state index in [2.05, 4.69) is 41.7 Å². The fraction of sp³-hybridized carbons (Fsp3) is 0.463. The minimum atomic E-state index is -1.07. The van der Waals surface area contributed by atoms with Crippen LogP contribution in [0.2, 0.25) is 0 Å². The van der Waals surface area contributed by atoms with Crippen molar-refractivity contribution in [3.63, 3.8) is 0 Å². The lowest BCUT2D eigenvalue weighted by molar-refractivity contribution is -0.134. The fourth-order valence-corrected chi connectivity index (χ4v) is 6.74. The maximum atomic E-state index is 14.1. The predicted octanol–water partition coefficient (Wildman–Crippen LogP) is 2.07. The van der Waals surface area contributed by atoms with Crippen LogP contribution in [0.3, 0.4) is 0 Å². The maximum Gasteiger partial charge on any atom is 0.257 e. The van der Waals surface area contributed by atoms with Crippen molar-refractivity contribution in [2.75, 3.05) is 26.8 Å². The number of rotatable bonds is 8. The molecule has 304 valence electrons. The van der Waals surface area contributed by atoms with Crippen molar-refractivity contribution in [1.82, 2.24) is 46.2 Å². The second-order valence-electron chi connectivity index (χ2n) is 14.5. The molecular formula is C41H53N9O7. The van der Waals surface area contributed by atoms with E-state index in [1.54, 1.807) is 10.6 Å². The zero-order valence-corrected chi connectivity index (χ0v) is 33.2. The molecule has 0 spiro atoms. The SMILES string of the molecule is COc1ccc2cc1OCC(=O)NCCC[C@H](NC(=O)CCc1c(C)nc3ncnn3c1C)C(=O)N[C@@H](Cc1ccccc1)C(=O)N[C@H](C(C)C)C(=O)NCCC2. The molecule has 4 aromatic rings. The van der Waals surface area contributed by atoms with Gasteiger partial charge in [0.2, 0.25) is 23.6 Å². The zero-order valence-electron chi connectivity index (χ0n) is 33.2. The standard InChI is InChI=1S/C41H53N9O7/c1-25(2)37-40(55)43-20-9-13-29-15-17-33(56-5)34(22-29)57-23-36(52)42-19-10-14-31(38(53)48-32(39(54)49-37)21-28-11-7-6-8-12-28)47-35(51)18-16-30-26(3)46-41-44-24-45-50(41)27(30)4/h6-8,11-12,15,17,22,24-25,31-32,37H,9-10,13-14,16,18-21,23H2,1-5H3,(H,42,52)(H,43,55)(H,47,51)(H,48,53)(H,49,54)/t31-,32-,37+/m0/s1. The largest absolute Gasteiger partial charge is 0.493 e. The number of methoxy groups -OCH3 is 1. The lowest BCUT2D eigenvalue weighted by Crippen LogP contribution is -2.58. The smallest absolute Gasteiger partial charge is 0.257 e. The van der Waals surface area contributed by atoms with Gasteiger partial charge in [-0.3, -0.25) is 24.0 Å². The van der Waals surface area contributed by atoms with Crippen molar-refractivity contribution >= 4 is 35.3 Å². The Morgan fingerprint density at radius 1 is 0.982 bits per heavy atom. The first-order chi connectivity index (χ1) is 27.4. The molecule has 16 nitrogen and oxygen atoms in total. The number of aromatic nitrogens is 4. The Morgan fingerprint density at radius 3 is 2.51 bits per heavy atom. The molecule has 0 fully saturated rings. The first-order valence-electron chi connectivity index (χ1n) is 19.4. The highest BCUT2D eigenvalue weighted by atomic mass is 16.5. The van der Waals surface area contributed by atoms with E-state index in [1.165, 1.54) is 13.4 Å². The highest BCUT2D eigenvalue weighted by Gasteiger charge is 2.31. The van der Waals surface area contributed by atoms with Gasteiger partial charge in [0.15, 0.2) is 18.1 Å². The van der Waals surface area contributed by atoms with Gasteiger partial charge >= 0.3 is 0 Å². The Kier molecular flexibility index (Phi) is 14.9. The molecule has 2 aromatic heterocycles. The van der Waals surface area contributed by atoms with Gasteiger partial charge in [-0.25, -0.2) is 9.50 Å². The third-order valence-corrected chi connectivity index (χ3v) is 9.92. The molecule has 16 heteroatoms. The molecule has 5 N–H and O–H groups in total. The van der Waals surface area contributed by atoms with Gasteiger partial charge in [0.1, 0.15) is 24.5 Å². The van der Waals surface area contributed by atoms with Gasteiger partial charge in [-0.05, 0) is 80.7 Å². The number of ether oxygens (including phenoxy) is 2. The van der Waals surface area contributed by atoms with Gasteiger partial charge < -0.3 is 36.1 Å². The third kappa shape index (κ3) is 11.7. The second-order valence-corrected chi connectivity index (χ2v) is 14.5. The normalized spacial score (nSPS) is 19.2. The molecular weight excluding hydrogens is 731 g/mol. The number of fused-ring (bicyclic) bond motifs is 3. The molecule has 5 rings (SSSR count). The van der Waals surface area contributed by atoms with Gasteiger partial charge in [-0.2, -0.15) is 10.1 Å². The molecule has 3 heterocycles. The molecule has 0 radical (unpaired) electrons. The molecule has 0 unspecified atom stereocenters. The number of hydrogen-bond acceptors (Lipinski definition) is 10. The van der Waals surface area contributed by atoms with E-state index in [1.807, 2.05) is 70.2 Å². The lowest BCUT2D eigenvalue weighted by atomic mass is 10.00. The average Bonchev–Trinajstić information content (AvgIpc) is 3.67. The van der Waals surface area contributed by atoms with E-state index in [4.69, 9.17) is 9.47 Å². The van der Waals surface area contributed by atoms with Crippen LogP contribution < -0.4 is 36.1 Å². The summed E-state index contributed by atoms with van der Waals surface area (Å²) in [6.45, 7) is 7.68. The molecule has 2 bridgehead atoms. The summed E-state index contributed by atoms with van der Waals surface area (Å²) >= 11 is 0. The molecule has 57 heavy (non-hydrogen) atoms. The summed E-state index contributed by atoms with van der Waals surface area (Å²) in [4.78, 5) is 76.5. The molecule has 0 saturated carbocycles. The van der Waals surface area contributed by atoms with Crippen LogP contribution in [0.15, 0.2) is 54.9 Å². The summed E-state index contributed by atoms with van der Waals surface area (Å²) in [6, 6.07) is 11.7. The van der Waals surface area contributed by atoms with Gasteiger partial charge in [0.25, 0.3) is 11.7 Å². The van der Waals surface area contributed by atoms with Gasteiger partial charge in [-0.15, -0.1) is 0 Å². The van der Waals surface area contributed by atoms with Crippen molar-refractivity contribution in [2.45, 2.75) is 90.8 Å². The summed E-state index contributed by atoms with van der Waals surface area (Å²) in [7, 11) is 1.52. The number of nitrogens with zero attached hydrogens (tertiary/aromatic N) is 4. The van der Waals surface area contributed by atoms with E-state index in [0.717, 1.165) is 28.1 Å². The molecule has 1 aliphatic rings. The summed E-state index contributed by atoms with van der Waals surface area (Å²) in [5.74, 6) is -1.13. The van der Waals surface area contributed by atoms with Crippen molar-refractivity contribution in [3.8, 4) is 11.5 Å². The number of hydrogen-bond donors (Lipinski definition) is 5. The summed E-state index contributed by atoms with van der Waals surface area (Å²) in [6.07, 6.45) is 3.62. The Balaban J connectivity index is 1.37. The van der Waals surface area contributed by atoms with E-state index >= 15 is 0 Å². The zero-order chi connectivity index (χ0) is 40.9. The summed E-state index contributed by atoms with van der Waals surface area (Å²) in [5, 5.41) is 18.6. The van der Waals surface area contributed by atoms with Gasteiger partial charge in [-0.1, -0.05) is 50.2 Å². The molecule has 0 saturated heterocycles. The van der Waals surface area contributed by atoms with Crippen LogP contribution in [0.25, 0.3) is 5.78 Å². The molecule has 1 aliphatic heterocycles. The minimum Gasteiger partial charge on any atom is -0.493 e. The van der Waals surface area contributed by atoms with Crippen molar-refractivity contribution in [1.29, 1.82) is 0 Å². The van der Waals surface area contributed by atoms with Gasteiger partial charge in [0, 0.05) is 37.3 Å². The van der Waals surface area contributed by atoms with Crippen LogP contribution in [-0.4, -0.2) is 94.0 Å². The fourth-order valence-electron chi connectivity index (χ4n) is 6.74. The van der Waals surface area contributed by atoms with E-state index < -0.39 is 29.9 Å². The van der Waals surface area contributed by atoms with Crippen LogP contribution in [0.4, 0.5) is 0 Å².